The Morgan fingerprint density at radius 3 is 1.86 bits per heavy atom. The summed E-state index contributed by atoms with van der Waals surface area (Å²) in [7, 11) is 0. The molecule has 3 heteroatoms. The van der Waals surface area contributed by atoms with Gasteiger partial charge in [0.25, 0.3) is 0 Å². The predicted molar refractivity (Wildman–Crippen MR) is 28.6 cm³/mol. The molecule has 0 heterocycles. The van der Waals surface area contributed by atoms with Crippen LogP contribution < -0.4 is 0 Å². The molecule has 0 amide bonds. The molecule has 0 unspecified atom stereocenters. The van der Waals surface area contributed by atoms with Crippen molar-refractivity contribution < 1.29 is 46.1 Å². The van der Waals surface area contributed by atoms with E-state index in [1.54, 1.807) is 7.86 Å². The van der Waals surface area contributed by atoms with Crippen molar-refractivity contribution in [1.29, 1.82) is 0 Å². The first-order valence-corrected chi connectivity index (χ1v) is 25.4. The Labute approximate surface area is 71.3 Å². The fourth-order valence-electron chi connectivity index (χ4n) is 0.391. The van der Waals surface area contributed by atoms with E-state index >= 15 is 0 Å². The minimum absolute atomic E-state index is 0.182. The molecule has 0 saturated heterocycles. The van der Waals surface area contributed by atoms with Crippen molar-refractivity contribution in [2.24, 2.45) is 0 Å². The van der Waals surface area contributed by atoms with Crippen molar-refractivity contribution in [3.8, 4) is 0 Å². The fraction of sp³-hybridized carbons (Fsp3) is 1.00. The maximum atomic E-state index is 2.50. The third kappa shape index (κ3) is 8.22. The zero-order valence-electron chi connectivity index (χ0n) is 5.24. The Kier molecular flexibility index (Phi) is 10.8. The van der Waals surface area contributed by atoms with Crippen LogP contribution in [0.1, 0.15) is 13.8 Å². The van der Waals surface area contributed by atoms with Crippen molar-refractivity contribution in [3.63, 3.8) is 0 Å². The summed E-state index contributed by atoms with van der Waals surface area (Å²) in [5, 5.41) is 0. The van der Waals surface area contributed by atoms with Gasteiger partial charge >= 0.3 is 72.5 Å². The van der Waals surface area contributed by atoms with Crippen LogP contribution >= 0.6 is 4.72 Å². The molecule has 0 aliphatic carbocycles. The minimum atomic E-state index is -0.182. The molecule has 7 heavy (non-hydrogen) atoms. The molecular weight excluding hydrogens is 481 g/mol. The monoisotopic (exact) mass is 494 g/mol. The molecular formula is C4H10Hg2S. The first kappa shape index (κ1) is 9.22. The Balaban J connectivity index is 2.45. The van der Waals surface area contributed by atoms with Gasteiger partial charge in [0, 0.05) is 0 Å². The number of hydrogen-bond donors (Lipinski definition) is 0. The van der Waals surface area contributed by atoms with Crippen LogP contribution in [0.15, 0.2) is 0 Å². The standard InChI is InChI=1S/2C2H5.2Hg.S/c2*1-2;;;/h2*1H2,2H3;;;. The molecule has 0 aliphatic rings. The van der Waals surface area contributed by atoms with Gasteiger partial charge in [0.2, 0.25) is 0 Å². The fourth-order valence-corrected chi connectivity index (χ4v) is 90.3. The van der Waals surface area contributed by atoms with Crippen molar-refractivity contribution in [1.82, 2.24) is 0 Å². The molecule has 0 atom stereocenters. The van der Waals surface area contributed by atoms with Crippen molar-refractivity contribution in [2.75, 3.05) is 0 Å². The molecule has 0 aromatic heterocycles. The summed E-state index contributed by atoms with van der Waals surface area (Å²) >= 11 is -0.364. The second-order valence-corrected chi connectivity index (χ2v) is 66.7. The summed E-state index contributed by atoms with van der Waals surface area (Å²) in [6.07, 6.45) is 0. The third-order valence-electron chi connectivity index (χ3n) is 0.697. The van der Waals surface area contributed by atoms with Gasteiger partial charge < -0.3 is 0 Å². The van der Waals surface area contributed by atoms with E-state index in [0.717, 1.165) is 0 Å². The summed E-state index contributed by atoms with van der Waals surface area (Å²) in [5.74, 6) is 0. The zero-order valence-corrected chi connectivity index (χ0v) is 17.0. The van der Waals surface area contributed by atoms with E-state index in [4.69, 9.17) is 0 Å². The van der Waals surface area contributed by atoms with Crippen molar-refractivity contribution >= 4 is 4.72 Å². The Bertz CT molecular complexity index is 28.9. The van der Waals surface area contributed by atoms with E-state index in [1.807, 2.05) is 0 Å². The summed E-state index contributed by atoms with van der Waals surface area (Å²) in [5.41, 5.74) is 0. The van der Waals surface area contributed by atoms with Crippen LogP contribution in [0, 0.1) is 0 Å². The number of hydrogen-bond acceptors (Lipinski definition) is 1. The molecule has 0 nitrogen and oxygen atoms in total. The van der Waals surface area contributed by atoms with E-state index in [9.17, 15) is 0 Å². The van der Waals surface area contributed by atoms with Gasteiger partial charge in [-0.1, -0.05) is 0 Å². The molecule has 0 spiro atoms. The van der Waals surface area contributed by atoms with Crippen LogP contribution in [-0.2, 0) is 46.1 Å². The van der Waals surface area contributed by atoms with Gasteiger partial charge in [-0.05, 0) is 0 Å². The average molecular weight is 491 g/mol. The predicted octanol–water partition coefficient (Wildman–Crippen LogP) is 2.59. The summed E-state index contributed by atoms with van der Waals surface area (Å²) in [6, 6.07) is 0. The van der Waals surface area contributed by atoms with Crippen molar-refractivity contribution in [2.45, 2.75) is 21.7 Å². The topological polar surface area (TPSA) is 0 Å². The molecule has 0 aromatic rings. The van der Waals surface area contributed by atoms with Gasteiger partial charge in [0.05, 0.1) is 0 Å². The molecule has 0 fully saturated rings. The second-order valence-electron chi connectivity index (χ2n) is 1.61. The van der Waals surface area contributed by atoms with Crippen LogP contribution in [-0.4, -0.2) is 0 Å². The second kappa shape index (κ2) is 8.22. The van der Waals surface area contributed by atoms with E-state index in [1.165, 1.54) is 0 Å². The van der Waals surface area contributed by atoms with Gasteiger partial charge in [-0.15, -0.1) is 0 Å². The Hall–Kier alpha value is 2.22. The third-order valence-corrected chi connectivity index (χ3v) is 77.4. The molecule has 0 N–H and O–H groups in total. The first-order chi connectivity index (χ1) is 3.41. The Morgan fingerprint density at radius 1 is 1.14 bits per heavy atom. The van der Waals surface area contributed by atoms with Gasteiger partial charge in [-0.25, -0.2) is 0 Å². The molecule has 0 radical (unpaired) electrons. The SMILES string of the molecule is C[CH2][Hg][S][Hg][CH2]C. The summed E-state index contributed by atoms with van der Waals surface area (Å²) in [6.45, 7) is 4.72. The van der Waals surface area contributed by atoms with E-state index in [-0.39, 0.29) is 46.1 Å². The van der Waals surface area contributed by atoms with Crippen LogP contribution in [0.5, 0.6) is 0 Å². The number of rotatable bonds is 4. The van der Waals surface area contributed by atoms with Gasteiger partial charge in [-0.3, -0.25) is 0 Å². The molecule has 0 rings (SSSR count). The van der Waals surface area contributed by atoms with E-state index in [0.29, 0.717) is 0 Å². The molecule has 0 bridgehead atoms. The summed E-state index contributed by atoms with van der Waals surface area (Å²) in [4.78, 5) is 0. The van der Waals surface area contributed by atoms with Crippen LogP contribution in [0.2, 0.25) is 7.86 Å². The van der Waals surface area contributed by atoms with Gasteiger partial charge in [0.15, 0.2) is 0 Å². The van der Waals surface area contributed by atoms with Gasteiger partial charge in [0.1, 0.15) is 0 Å². The molecule has 36 valence electrons. The van der Waals surface area contributed by atoms with E-state index < -0.39 is 0 Å². The quantitative estimate of drug-likeness (QED) is 0.431. The van der Waals surface area contributed by atoms with Crippen molar-refractivity contribution in [3.05, 3.63) is 0 Å². The Morgan fingerprint density at radius 2 is 1.57 bits per heavy atom. The first-order valence-electron chi connectivity index (χ1n) is 2.99. The zero-order chi connectivity index (χ0) is 5.54. The molecule has 0 aliphatic heterocycles. The van der Waals surface area contributed by atoms with Crippen LogP contribution in [0.4, 0.5) is 0 Å². The van der Waals surface area contributed by atoms with E-state index in [2.05, 4.69) is 18.6 Å². The van der Waals surface area contributed by atoms with Crippen LogP contribution in [0.3, 0.4) is 0 Å². The molecule has 0 saturated carbocycles. The normalized spacial score (nSPS) is 7.14. The van der Waals surface area contributed by atoms with Gasteiger partial charge in [-0.2, -0.15) is 0 Å². The summed E-state index contributed by atoms with van der Waals surface area (Å²) < 4.78 is 5.70. The van der Waals surface area contributed by atoms with Crippen LogP contribution in [0.25, 0.3) is 0 Å². The average Bonchev–Trinajstić information content (AvgIpc) is 1.69. The maximum absolute atomic E-state index is 2.50. The molecule has 0 aromatic carbocycles.